The van der Waals surface area contributed by atoms with Crippen LogP contribution >= 0.6 is 11.6 Å². The van der Waals surface area contributed by atoms with Gasteiger partial charge < -0.3 is 10.6 Å². The van der Waals surface area contributed by atoms with E-state index in [9.17, 15) is 9.18 Å². The van der Waals surface area contributed by atoms with Crippen LogP contribution in [0.15, 0.2) is 18.2 Å². The number of carbonyl (C=O) groups excluding carboxylic acids is 1. The van der Waals surface area contributed by atoms with Crippen molar-refractivity contribution in [2.24, 2.45) is 11.7 Å². The van der Waals surface area contributed by atoms with Crippen LogP contribution in [0.1, 0.15) is 43.0 Å². The van der Waals surface area contributed by atoms with E-state index >= 15 is 0 Å². The Balaban J connectivity index is 2.25. The van der Waals surface area contributed by atoms with Crippen molar-refractivity contribution in [2.75, 3.05) is 13.1 Å². The first-order valence-electron chi connectivity index (χ1n) is 7.54. The summed E-state index contributed by atoms with van der Waals surface area (Å²) >= 11 is 6.02. The Kier molecular flexibility index (Phi) is 5.59. The van der Waals surface area contributed by atoms with Gasteiger partial charge in [-0.15, -0.1) is 0 Å². The third-order valence-corrected chi connectivity index (χ3v) is 4.65. The van der Waals surface area contributed by atoms with E-state index in [1.54, 1.807) is 0 Å². The summed E-state index contributed by atoms with van der Waals surface area (Å²) in [6.45, 7) is 3.15. The molecule has 1 aromatic rings. The first kappa shape index (κ1) is 16.2. The highest BCUT2D eigenvalue weighted by atomic mass is 35.5. The summed E-state index contributed by atoms with van der Waals surface area (Å²) < 4.78 is 13.1. The number of hydrogen-bond acceptors (Lipinski definition) is 2. The fraction of sp³-hybridized carbons (Fsp3) is 0.562. The second kappa shape index (κ2) is 7.23. The Morgan fingerprint density at radius 3 is 2.76 bits per heavy atom. The first-order valence-corrected chi connectivity index (χ1v) is 7.92. The maximum absolute atomic E-state index is 13.1. The molecule has 1 aromatic carbocycles. The number of rotatable bonds is 4. The molecule has 1 saturated carbocycles. The number of benzene rings is 1. The monoisotopic (exact) mass is 312 g/mol. The summed E-state index contributed by atoms with van der Waals surface area (Å²) in [5.74, 6) is -0.230. The fourth-order valence-corrected chi connectivity index (χ4v) is 3.47. The maximum Gasteiger partial charge on any atom is 0.255 e. The SMILES string of the molecule is CCN(C(=O)c1ccc(F)cc1Cl)C1CCCCC1CN. The lowest BCUT2D eigenvalue weighted by atomic mass is 9.83. The predicted molar refractivity (Wildman–Crippen MR) is 82.9 cm³/mol. The molecule has 116 valence electrons. The lowest BCUT2D eigenvalue weighted by Crippen LogP contribution is -2.48. The molecule has 1 amide bonds. The summed E-state index contributed by atoms with van der Waals surface area (Å²) in [5.41, 5.74) is 6.22. The van der Waals surface area contributed by atoms with E-state index in [0.717, 1.165) is 19.3 Å². The van der Waals surface area contributed by atoms with E-state index in [4.69, 9.17) is 17.3 Å². The van der Waals surface area contributed by atoms with E-state index in [-0.39, 0.29) is 17.0 Å². The molecule has 1 aliphatic carbocycles. The topological polar surface area (TPSA) is 46.3 Å². The summed E-state index contributed by atoms with van der Waals surface area (Å²) in [6, 6.07) is 4.07. The second-order valence-corrected chi connectivity index (χ2v) is 5.97. The van der Waals surface area contributed by atoms with Crippen LogP contribution in [0, 0.1) is 11.7 Å². The number of nitrogens with zero attached hydrogens (tertiary/aromatic N) is 1. The zero-order valence-corrected chi connectivity index (χ0v) is 13.1. The molecule has 0 aliphatic heterocycles. The van der Waals surface area contributed by atoms with Gasteiger partial charge in [0.2, 0.25) is 0 Å². The van der Waals surface area contributed by atoms with Crippen molar-refractivity contribution < 1.29 is 9.18 Å². The average molecular weight is 313 g/mol. The Morgan fingerprint density at radius 1 is 1.43 bits per heavy atom. The molecule has 0 bridgehead atoms. The third-order valence-electron chi connectivity index (χ3n) is 4.34. The lowest BCUT2D eigenvalue weighted by molar-refractivity contribution is 0.0560. The van der Waals surface area contributed by atoms with Gasteiger partial charge in [0.1, 0.15) is 5.82 Å². The van der Waals surface area contributed by atoms with E-state index in [0.29, 0.717) is 24.6 Å². The number of nitrogens with two attached hydrogens (primary N) is 1. The minimum Gasteiger partial charge on any atom is -0.336 e. The summed E-state index contributed by atoms with van der Waals surface area (Å²) in [4.78, 5) is 14.6. The van der Waals surface area contributed by atoms with Crippen molar-refractivity contribution in [3.05, 3.63) is 34.6 Å². The molecule has 0 saturated heterocycles. The molecule has 1 fully saturated rings. The average Bonchev–Trinajstić information content (AvgIpc) is 2.48. The van der Waals surface area contributed by atoms with Gasteiger partial charge in [-0.1, -0.05) is 24.4 Å². The minimum atomic E-state index is -0.433. The summed E-state index contributed by atoms with van der Waals surface area (Å²) in [7, 11) is 0. The lowest BCUT2D eigenvalue weighted by Gasteiger charge is -2.39. The molecule has 0 heterocycles. The van der Waals surface area contributed by atoms with Gasteiger partial charge in [0.15, 0.2) is 0 Å². The van der Waals surface area contributed by atoms with Crippen molar-refractivity contribution in [3.8, 4) is 0 Å². The standard InChI is InChI=1S/C16H22ClFN2O/c1-2-20(15-6-4-3-5-11(15)10-19)16(21)13-8-7-12(18)9-14(13)17/h7-9,11,15H,2-6,10,19H2,1H3. The Hall–Kier alpha value is -1.13. The molecule has 21 heavy (non-hydrogen) atoms. The van der Waals surface area contributed by atoms with Crippen LogP contribution in [0.25, 0.3) is 0 Å². The Labute approximate surface area is 130 Å². The molecule has 2 atom stereocenters. The van der Waals surface area contributed by atoms with Gasteiger partial charge in [0.25, 0.3) is 5.91 Å². The smallest absolute Gasteiger partial charge is 0.255 e. The predicted octanol–water partition coefficient (Wildman–Crippen LogP) is 3.46. The third kappa shape index (κ3) is 3.55. The number of halogens is 2. The van der Waals surface area contributed by atoms with Crippen LogP contribution < -0.4 is 5.73 Å². The number of carbonyl (C=O) groups is 1. The molecule has 2 N–H and O–H groups in total. The van der Waals surface area contributed by atoms with E-state index < -0.39 is 5.82 Å². The van der Waals surface area contributed by atoms with Crippen LogP contribution in [0.5, 0.6) is 0 Å². The van der Waals surface area contributed by atoms with Crippen molar-refractivity contribution in [1.29, 1.82) is 0 Å². The van der Waals surface area contributed by atoms with Crippen molar-refractivity contribution in [1.82, 2.24) is 4.90 Å². The van der Waals surface area contributed by atoms with Crippen LogP contribution in [0.3, 0.4) is 0 Å². The second-order valence-electron chi connectivity index (χ2n) is 5.56. The molecule has 1 aliphatic rings. The highest BCUT2D eigenvalue weighted by Gasteiger charge is 2.32. The molecule has 0 radical (unpaired) electrons. The van der Waals surface area contributed by atoms with Gasteiger partial charge in [0.05, 0.1) is 10.6 Å². The van der Waals surface area contributed by atoms with Crippen LogP contribution in [0.4, 0.5) is 4.39 Å². The van der Waals surface area contributed by atoms with E-state index in [1.807, 2.05) is 11.8 Å². The molecular weight excluding hydrogens is 291 g/mol. The normalized spacial score (nSPS) is 22.1. The summed E-state index contributed by atoms with van der Waals surface area (Å²) in [6.07, 6.45) is 4.31. The van der Waals surface area contributed by atoms with Crippen LogP contribution in [-0.4, -0.2) is 29.9 Å². The van der Waals surface area contributed by atoms with Crippen molar-refractivity contribution in [2.45, 2.75) is 38.6 Å². The van der Waals surface area contributed by atoms with E-state index in [2.05, 4.69) is 0 Å². The van der Waals surface area contributed by atoms with Crippen LogP contribution in [-0.2, 0) is 0 Å². The molecule has 0 aromatic heterocycles. The van der Waals surface area contributed by atoms with Crippen molar-refractivity contribution in [3.63, 3.8) is 0 Å². The molecule has 2 unspecified atom stereocenters. The van der Waals surface area contributed by atoms with E-state index in [1.165, 1.54) is 24.6 Å². The largest absolute Gasteiger partial charge is 0.336 e. The van der Waals surface area contributed by atoms with Gasteiger partial charge in [-0.25, -0.2) is 4.39 Å². The zero-order chi connectivity index (χ0) is 15.4. The molecular formula is C16H22ClFN2O. The molecule has 3 nitrogen and oxygen atoms in total. The van der Waals surface area contributed by atoms with Gasteiger partial charge in [0, 0.05) is 12.6 Å². The minimum absolute atomic E-state index is 0.132. The zero-order valence-electron chi connectivity index (χ0n) is 12.3. The first-order chi connectivity index (χ1) is 10.1. The highest BCUT2D eigenvalue weighted by molar-refractivity contribution is 6.33. The summed E-state index contributed by atoms with van der Waals surface area (Å²) in [5, 5.41) is 0.165. The Bertz CT molecular complexity index is 509. The number of hydrogen-bond donors (Lipinski definition) is 1. The molecule has 2 rings (SSSR count). The highest BCUT2D eigenvalue weighted by Crippen LogP contribution is 2.30. The van der Waals surface area contributed by atoms with Crippen LogP contribution in [0.2, 0.25) is 5.02 Å². The van der Waals surface area contributed by atoms with Gasteiger partial charge in [-0.2, -0.15) is 0 Å². The molecule has 5 heteroatoms. The van der Waals surface area contributed by atoms with Gasteiger partial charge in [-0.05, 0) is 50.4 Å². The molecule has 0 spiro atoms. The Morgan fingerprint density at radius 2 is 2.14 bits per heavy atom. The van der Waals surface area contributed by atoms with Crippen molar-refractivity contribution >= 4 is 17.5 Å². The number of amides is 1. The maximum atomic E-state index is 13.1. The van der Waals surface area contributed by atoms with Gasteiger partial charge >= 0.3 is 0 Å². The quantitative estimate of drug-likeness (QED) is 0.925. The van der Waals surface area contributed by atoms with Gasteiger partial charge in [-0.3, -0.25) is 4.79 Å². The fourth-order valence-electron chi connectivity index (χ4n) is 3.22.